The van der Waals surface area contributed by atoms with Crippen LogP contribution in [0.5, 0.6) is 5.75 Å². The van der Waals surface area contributed by atoms with Crippen molar-refractivity contribution in [3.8, 4) is 5.75 Å². The van der Waals surface area contributed by atoms with E-state index in [0.717, 1.165) is 24.5 Å². The van der Waals surface area contributed by atoms with Gasteiger partial charge in [-0.2, -0.15) is 13.2 Å². The van der Waals surface area contributed by atoms with Crippen molar-refractivity contribution in [3.05, 3.63) is 59.2 Å². The minimum Gasteiger partial charge on any atom is -0.481 e. The number of alkyl halides is 3. The molecule has 1 saturated carbocycles. The molecule has 2 aromatic rings. The van der Waals surface area contributed by atoms with Gasteiger partial charge in [0.1, 0.15) is 11.4 Å². The van der Waals surface area contributed by atoms with Gasteiger partial charge in [-0.1, -0.05) is 30.3 Å². The molecular formula is C33H43F3N4O5. The van der Waals surface area contributed by atoms with Crippen molar-refractivity contribution >= 4 is 23.6 Å². The molecule has 0 saturated heterocycles. The molecule has 9 nitrogen and oxygen atoms in total. The lowest BCUT2D eigenvalue weighted by Crippen LogP contribution is -2.46. The Balaban J connectivity index is 1.53. The molecule has 1 N–H and O–H groups in total. The van der Waals surface area contributed by atoms with E-state index in [0.29, 0.717) is 30.4 Å². The topological polar surface area (TPSA) is 91.4 Å². The van der Waals surface area contributed by atoms with Crippen LogP contribution in [0.15, 0.2) is 42.5 Å². The van der Waals surface area contributed by atoms with Crippen LogP contribution in [-0.2, 0) is 33.6 Å². The lowest BCUT2D eigenvalue weighted by molar-refractivity contribution is -0.139. The van der Waals surface area contributed by atoms with Gasteiger partial charge in [0, 0.05) is 44.3 Å². The normalized spacial score (nSPS) is 15.2. The summed E-state index contributed by atoms with van der Waals surface area (Å²) in [5, 5.41) is 3.08. The van der Waals surface area contributed by atoms with E-state index in [4.69, 9.17) is 9.47 Å². The highest BCUT2D eigenvalue weighted by Gasteiger charge is 2.34. The van der Waals surface area contributed by atoms with Crippen molar-refractivity contribution in [2.24, 2.45) is 5.92 Å². The number of hydrogen-bond acceptors (Lipinski definition) is 6. The highest BCUT2D eigenvalue weighted by molar-refractivity contribution is 5.83. The van der Waals surface area contributed by atoms with Crippen LogP contribution in [0.1, 0.15) is 64.2 Å². The third kappa shape index (κ3) is 9.51. The number of amides is 3. The van der Waals surface area contributed by atoms with E-state index in [1.54, 1.807) is 51.7 Å². The van der Waals surface area contributed by atoms with Crippen molar-refractivity contribution in [1.82, 2.24) is 14.7 Å². The maximum atomic E-state index is 13.8. The number of halogens is 3. The summed E-state index contributed by atoms with van der Waals surface area (Å²) in [6.45, 7) is 9.24. The first kappa shape index (κ1) is 33.9. The van der Waals surface area contributed by atoms with Gasteiger partial charge in [-0.05, 0) is 71.1 Å². The monoisotopic (exact) mass is 632 g/mol. The molecule has 12 heteroatoms. The van der Waals surface area contributed by atoms with E-state index in [9.17, 15) is 27.6 Å². The summed E-state index contributed by atoms with van der Waals surface area (Å²) in [6.07, 6.45) is -2.96. The number of ether oxygens (including phenoxy) is 2. The number of carbonyl (C=O) groups excluding carboxylic acids is 3. The predicted molar refractivity (Wildman–Crippen MR) is 164 cm³/mol. The molecule has 1 fully saturated rings. The second kappa shape index (κ2) is 14.0. The fraction of sp³-hybridized carbons (Fsp3) is 0.545. The summed E-state index contributed by atoms with van der Waals surface area (Å²) in [6, 6.07) is 10.3. The quantitative estimate of drug-likeness (QED) is 0.331. The summed E-state index contributed by atoms with van der Waals surface area (Å²) in [5.74, 6) is 0.415. The van der Waals surface area contributed by atoms with Crippen molar-refractivity contribution in [2.45, 2.75) is 78.4 Å². The Hall–Kier alpha value is -3.96. The van der Waals surface area contributed by atoms with Gasteiger partial charge in [0.25, 0.3) is 5.91 Å². The highest BCUT2D eigenvalue weighted by atomic mass is 19.4. The molecule has 0 atom stereocenters. The second-order valence-corrected chi connectivity index (χ2v) is 12.9. The molecule has 2 aromatic carbocycles. The van der Waals surface area contributed by atoms with Gasteiger partial charge in [-0.3, -0.25) is 9.59 Å². The minimum absolute atomic E-state index is 0.0296. The zero-order valence-electron chi connectivity index (χ0n) is 26.6. The van der Waals surface area contributed by atoms with E-state index in [-0.39, 0.29) is 50.3 Å². The summed E-state index contributed by atoms with van der Waals surface area (Å²) >= 11 is 0. The Morgan fingerprint density at radius 1 is 1.07 bits per heavy atom. The molecule has 0 aromatic heterocycles. The first-order chi connectivity index (χ1) is 21.1. The molecule has 0 bridgehead atoms. The molecule has 0 spiro atoms. The van der Waals surface area contributed by atoms with Crippen LogP contribution in [0.2, 0.25) is 0 Å². The third-order valence-corrected chi connectivity index (χ3v) is 7.65. The van der Waals surface area contributed by atoms with Gasteiger partial charge >= 0.3 is 12.3 Å². The number of fused-ring (bicyclic) bond motifs is 1. The van der Waals surface area contributed by atoms with E-state index in [1.165, 1.54) is 28.0 Å². The molecule has 0 unspecified atom stereocenters. The summed E-state index contributed by atoms with van der Waals surface area (Å²) in [7, 11) is 0. The molecule has 4 rings (SSSR count). The van der Waals surface area contributed by atoms with Crippen LogP contribution < -0.4 is 10.1 Å². The maximum absolute atomic E-state index is 13.8. The fourth-order valence-corrected chi connectivity index (χ4v) is 5.14. The van der Waals surface area contributed by atoms with Gasteiger partial charge in [-0.25, -0.2) is 4.79 Å². The molecule has 246 valence electrons. The Morgan fingerprint density at radius 3 is 2.42 bits per heavy atom. The van der Waals surface area contributed by atoms with Gasteiger partial charge in [0.15, 0.2) is 6.61 Å². The number of anilines is 1. The first-order valence-electron chi connectivity index (χ1n) is 15.3. The van der Waals surface area contributed by atoms with Crippen LogP contribution in [0.3, 0.4) is 0 Å². The Bertz CT molecular complexity index is 1370. The van der Waals surface area contributed by atoms with E-state index < -0.39 is 29.3 Å². The molecule has 1 heterocycles. The van der Waals surface area contributed by atoms with E-state index >= 15 is 0 Å². The van der Waals surface area contributed by atoms with Gasteiger partial charge < -0.3 is 29.5 Å². The molecular weight excluding hydrogens is 589 g/mol. The molecule has 1 aliphatic carbocycles. The molecule has 1 aliphatic heterocycles. The standard InChI is InChI=1S/C33H43F3N4O5/c1-22(2)40(31(43)45-32(3,4)5)16-15-38(19-24-9-6-7-11-26(24)33(34,35)36)28(41)17-37-27-12-8-10-25-20-39(18-23-13-14-23)29(42)21-44-30(25)27/h6-12,22-23,37H,13-21H2,1-5H3. The largest absolute Gasteiger partial charge is 0.481 e. The maximum Gasteiger partial charge on any atom is 0.416 e. The number of hydrogen-bond donors (Lipinski definition) is 1. The predicted octanol–water partition coefficient (Wildman–Crippen LogP) is 5.92. The van der Waals surface area contributed by atoms with Crippen LogP contribution >= 0.6 is 0 Å². The zero-order chi connectivity index (χ0) is 32.9. The fourth-order valence-electron chi connectivity index (χ4n) is 5.14. The Kier molecular flexibility index (Phi) is 10.5. The lowest BCUT2D eigenvalue weighted by atomic mass is 10.1. The minimum atomic E-state index is -4.60. The average Bonchev–Trinajstić information content (AvgIpc) is 3.78. The van der Waals surface area contributed by atoms with Crippen LogP contribution in [0.4, 0.5) is 23.7 Å². The average molecular weight is 633 g/mol. The van der Waals surface area contributed by atoms with Crippen LogP contribution in [0.25, 0.3) is 0 Å². The number of carbonyl (C=O) groups is 3. The lowest BCUT2D eigenvalue weighted by Gasteiger charge is -2.32. The molecule has 45 heavy (non-hydrogen) atoms. The molecule has 0 radical (unpaired) electrons. The zero-order valence-corrected chi connectivity index (χ0v) is 26.6. The van der Waals surface area contributed by atoms with Gasteiger partial charge in [0.2, 0.25) is 5.91 Å². The highest BCUT2D eigenvalue weighted by Crippen LogP contribution is 2.35. The molecule has 3 amide bonds. The van der Waals surface area contributed by atoms with Crippen molar-refractivity contribution < 1.29 is 37.0 Å². The Labute approximate surface area is 262 Å². The number of nitrogens with one attached hydrogen (secondary N) is 1. The number of nitrogens with zero attached hydrogens (tertiary/aromatic N) is 3. The van der Waals surface area contributed by atoms with Crippen molar-refractivity contribution in [2.75, 3.05) is 38.1 Å². The van der Waals surface area contributed by atoms with Crippen molar-refractivity contribution in [1.29, 1.82) is 0 Å². The van der Waals surface area contributed by atoms with E-state index in [2.05, 4.69) is 5.32 Å². The van der Waals surface area contributed by atoms with Crippen LogP contribution in [0, 0.1) is 5.92 Å². The van der Waals surface area contributed by atoms with Gasteiger partial charge in [-0.15, -0.1) is 0 Å². The summed E-state index contributed by atoms with van der Waals surface area (Å²) in [5.41, 5.74) is -0.316. The summed E-state index contributed by atoms with van der Waals surface area (Å²) in [4.78, 5) is 43.8. The van der Waals surface area contributed by atoms with E-state index in [1.807, 2.05) is 6.07 Å². The number of rotatable bonds is 11. The van der Waals surface area contributed by atoms with Crippen LogP contribution in [-0.4, -0.2) is 77.0 Å². The summed E-state index contributed by atoms with van der Waals surface area (Å²) < 4.78 is 52.9. The SMILES string of the molecule is CC(C)N(CCN(Cc1ccccc1C(F)(F)F)C(=O)CNc1cccc2c1OCC(=O)N(CC1CC1)C2)C(=O)OC(C)(C)C. The number of para-hydroxylation sites is 1. The number of benzene rings is 2. The third-order valence-electron chi connectivity index (χ3n) is 7.65. The van der Waals surface area contributed by atoms with Crippen molar-refractivity contribution in [3.63, 3.8) is 0 Å². The van der Waals surface area contributed by atoms with Gasteiger partial charge in [0.05, 0.1) is 17.8 Å². The first-order valence-corrected chi connectivity index (χ1v) is 15.3. The second-order valence-electron chi connectivity index (χ2n) is 12.9. The molecule has 2 aliphatic rings. The Morgan fingerprint density at radius 2 is 1.78 bits per heavy atom. The smallest absolute Gasteiger partial charge is 0.416 e.